The van der Waals surface area contributed by atoms with Crippen LogP contribution in [-0.2, 0) is 9.47 Å². The van der Waals surface area contributed by atoms with Crippen molar-refractivity contribution in [3.05, 3.63) is 23.8 Å². The molecule has 3 atom stereocenters. The van der Waals surface area contributed by atoms with Gasteiger partial charge in [0.15, 0.2) is 12.6 Å². The zero-order valence-electron chi connectivity index (χ0n) is 13.5. The molecule has 0 aliphatic carbocycles. The first-order valence-electron chi connectivity index (χ1n) is 7.35. The van der Waals surface area contributed by atoms with Crippen LogP contribution in [0.4, 0.5) is 0 Å². The minimum Gasteiger partial charge on any atom is -0.465 e. The average molecular weight is 298 g/mol. The minimum atomic E-state index is -0.610. The van der Waals surface area contributed by atoms with Crippen molar-refractivity contribution in [3.63, 3.8) is 0 Å². The van der Waals surface area contributed by atoms with E-state index in [1.165, 1.54) is 0 Å². The Balaban J connectivity index is 2.89. The fraction of sp³-hybridized carbons (Fsp3) is 0.625. The highest BCUT2D eigenvalue weighted by molar-refractivity contribution is 5.39. The lowest BCUT2D eigenvalue weighted by Crippen LogP contribution is -2.18. The molecule has 0 saturated carbocycles. The van der Waals surface area contributed by atoms with Crippen LogP contribution in [0.1, 0.15) is 46.3 Å². The normalized spacial score (nSPS) is 15.3. The number of ether oxygens (including phenoxy) is 4. The van der Waals surface area contributed by atoms with Crippen LogP contribution in [0.3, 0.4) is 0 Å². The molecule has 0 radical (unpaired) electrons. The minimum absolute atomic E-state index is 0.364. The van der Waals surface area contributed by atoms with Crippen LogP contribution in [0.5, 0.6) is 11.5 Å². The summed E-state index contributed by atoms with van der Waals surface area (Å²) in [5.41, 5.74) is 0.717. The maximum atomic E-state index is 9.77. The van der Waals surface area contributed by atoms with E-state index >= 15 is 0 Å². The highest BCUT2D eigenvalue weighted by Gasteiger charge is 2.12. The Morgan fingerprint density at radius 3 is 1.62 bits per heavy atom. The molecule has 1 aromatic rings. The smallest absolute Gasteiger partial charge is 0.196 e. The van der Waals surface area contributed by atoms with E-state index in [1.54, 1.807) is 25.1 Å². The summed E-state index contributed by atoms with van der Waals surface area (Å²) in [6.07, 6.45) is -1.34. The first-order chi connectivity index (χ1) is 9.96. The molecule has 1 N–H and O–H groups in total. The Labute approximate surface area is 126 Å². The predicted octanol–water partition coefficient (Wildman–Crippen LogP) is 3.26. The molecule has 21 heavy (non-hydrogen) atoms. The lowest BCUT2D eigenvalue weighted by atomic mass is 10.1. The van der Waals surface area contributed by atoms with Crippen molar-refractivity contribution in [2.24, 2.45) is 0 Å². The summed E-state index contributed by atoms with van der Waals surface area (Å²) in [6.45, 7) is 10.3. The maximum Gasteiger partial charge on any atom is 0.196 e. The van der Waals surface area contributed by atoms with Crippen LogP contribution in [0.15, 0.2) is 18.2 Å². The zero-order chi connectivity index (χ0) is 15.8. The van der Waals surface area contributed by atoms with Crippen molar-refractivity contribution < 1.29 is 24.1 Å². The fourth-order valence-electron chi connectivity index (χ4n) is 1.89. The number of benzene rings is 1. The Morgan fingerprint density at radius 1 is 0.857 bits per heavy atom. The topological polar surface area (TPSA) is 57.2 Å². The van der Waals surface area contributed by atoms with E-state index in [2.05, 4.69) is 0 Å². The van der Waals surface area contributed by atoms with Gasteiger partial charge in [-0.1, -0.05) is 0 Å². The third kappa shape index (κ3) is 6.33. The largest absolute Gasteiger partial charge is 0.465 e. The molecule has 0 saturated heterocycles. The number of hydrogen-bond donors (Lipinski definition) is 1. The van der Waals surface area contributed by atoms with Gasteiger partial charge < -0.3 is 24.1 Å². The highest BCUT2D eigenvalue weighted by Crippen LogP contribution is 2.28. The standard InChI is InChI=1S/C16H26O5/c1-6-18-12(4)20-15-8-14(11(3)17)9-16(10-15)21-13(5)19-7-2/h8-13,17H,6-7H2,1-5H3. The Hall–Kier alpha value is -1.30. The third-order valence-corrected chi connectivity index (χ3v) is 2.79. The molecule has 1 aromatic carbocycles. The van der Waals surface area contributed by atoms with Crippen LogP contribution < -0.4 is 9.47 Å². The van der Waals surface area contributed by atoms with E-state index in [1.807, 2.05) is 27.7 Å². The van der Waals surface area contributed by atoms with Crippen molar-refractivity contribution in [3.8, 4) is 11.5 Å². The van der Waals surface area contributed by atoms with E-state index in [9.17, 15) is 5.11 Å². The molecule has 0 aromatic heterocycles. The molecule has 0 amide bonds. The monoisotopic (exact) mass is 298 g/mol. The van der Waals surface area contributed by atoms with Gasteiger partial charge in [0.05, 0.1) is 6.10 Å². The molecule has 5 nitrogen and oxygen atoms in total. The summed E-state index contributed by atoms with van der Waals surface area (Å²) in [6, 6.07) is 5.31. The highest BCUT2D eigenvalue weighted by atomic mass is 16.7. The van der Waals surface area contributed by atoms with Crippen molar-refractivity contribution in [1.82, 2.24) is 0 Å². The summed E-state index contributed by atoms with van der Waals surface area (Å²) >= 11 is 0. The lowest BCUT2D eigenvalue weighted by Gasteiger charge is -2.19. The summed E-state index contributed by atoms with van der Waals surface area (Å²) < 4.78 is 22.1. The molecule has 0 bridgehead atoms. The van der Waals surface area contributed by atoms with Gasteiger partial charge in [-0.05, 0) is 52.3 Å². The summed E-state index contributed by atoms with van der Waals surface area (Å²) in [4.78, 5) is 0. The SMILES string of the molecule is CCOC(C)Oc1cc(OC(C)OCC)cc(C(C)O)c1. The second-order valence-corrected chi connectivity index (χ2v) is 4.70. The maximum absolute atomic E-state index is 9.77. The molecular formula is C16H26O5. The van der Waals surface area contributed by atoms with Crippen LogP contribution in [0.2, 0.25) is 0 Å². The molecule has 1 rings (SSSR count). The van der Waals surface area contributed by atoms with Gasteiger partial charge in [0, 0.05) is 19.3 Å². The van der Waals surface area contributed by atoms with Crippen LogP contribution in [0.25, 0.3) is 0 Å². The summed E-state index contributed by atoms with van der Waals surface area (Å²) in [7, 11) is 0. The molecule has 0 aliphatic rings. The number of hydrogen-bond acceptors (Lipinski definition) is 5. The molecule has 0 aliphatic heterocycles. The Bertz CT molecular complexity index is 387. The molecule has 0 heterocycles. The number of aliphatic hydroxyl groups excluding tert-OH is 1. The van der Waals surface area contributed by atoms with Crippen LogP contribution in [-0.4, -0.2) is 30.9 Å². The molecule has 5 heteroatoms. The van der Waals surface area contributed by atoms with Crippen molar-refractivity contribution in [2.45, 2.75) is 53.3 Å². The van der Waals surface area contributed by atoms with Gasteiger partial charge in [0.25, 0.3) is 0 Å². The van der Waals surface area contributed by atoms with E-state index in [-0.39, 0.29) is 12.6 Å². The van der Waals surface area contributed by atoms with Gasteiger partial charge in [0.2, 0.25) is 0 Å². The van der Waals surface area contributed by atoms with E-state index in [4.69, 9.17) is 18.9 Å². The van der Waals surface area contributed by atoms with Gasteiger partial charge in [-0.2, -0.15) is 0 Å². The van der Waals surface area contributed by atoms with Gasteiger partial charge in [-0.3, -0.25) is 0 Å². The van der Waals surface area contributed by atoms with Gasteiger partial charge in [-0.25, -0.2) is 0 Å². The predicted molar refractivity (Wildman–Crippen MR) is 80.5 cm³/mol. The second kappa shape index (κ2) is 8.87. The first-order valence-corrected chi connectivity index (χ1v) is 7.35. The van der Waals surface area contributed by atoms with Gasteiger partial charge in [0.1, 0.15) is 11.5 Å². The van der Waals surface area contributed by atoms with Crippen LogP contribution >= 0.6 is 0 Å². The Kier molecular flexibility index (Phi) is 7.50. The first kappa shape index (κ1) is 17.8. The van der Waals surface area contributed by atoms with Gasteiger partial charge in [-0.15, -0.1) is 0 Å². The molecule has 120 valence electrons. The third-order valence-electron chi connectivity index (χ3n) is 2.79. The van der Waals surface area contributed by atoms with E-state index < -0.39 is 6.10 Å². The average Bonchev–Trinajstić information content (AvgIpc) is 2.38. The van der Waals surface area contributed by atoms with Crippen LogP contribution in [0, 0.1) is 0 Å². The van der Waals surface area contributed by atoms with Crippen molar-refractivity contribution in [1.29, 1.82) is 0 Å². The second-order valence-electron chi connectivity index (χ2n) is 4.70. The Morgan fingerprint density at radius 2 is 1.29 bits per heavy atom. The van der Waals surface area contributed by atoms with Crippen molar-refractivity contribution >= 4 is 0 Å². The quantitative estimate of drug-likeness (QED) is 0.709. The molecular weight excluding hydrogens is 272 g/mol. The van der Waals surface area contributed by atoms with Crippen molar-refractivity contribution in [2.75, 3.05) is 13.2 Å². The number of aliphatic hydroxyl groups is 1. The number of rotatable bonds is 9. The van der Waals surface area contributed by atoms with Gasteiger partial charge >= 0.3 is 0 Å². The summed E-state index contributed by atoms with van der Waals surface area (Å²) in [5.74, 6) is 1.18. The summed E-state index contributed by atoms with van der Waals surface area (Å²) in [5, 5.41) is 9.77. The molecule has 0 fully saturated rings. The lowest BCUT2D eigenvalue weighted by molar-refractivity contribution is -0.0651. The fourth-order valence-corrected chi connectivity index (χ4v) is 1.89. The van der Waals surface area contributed by atoms with E-state index in [0.29, 0.717) is 24.7 Å². The molecule has 3 unspecified atom stereocenters. The zero-order valence-corrected chi connectivity index (χ0v) is 13.5. The van der Waals surface area contributed by atoms with E-state index in [0.717, 1.165) is 5.56 Å². The molecule has 0 spiro atoms.